The minimum atomic E-state index is -0.528. The van der Waals surface area contributed by atoms with Crippen LogP contribution in [0.1, 0.15) is 23.7 Å². The number of carbonyl (C=O) groups is 1. The molecule has 2 N–H and O–H groups in total. The number of benzene rings is 1. The summed E-state index contributed by atoms with van der Waals surface area (Å²) in [4.78, 5) is 12.0. The van der Waals surface area contributed by atoms with E-state index in [1.54, 1.807) is 10.9 Å². The van der Waals surface area contributed by atoms with Crippen LogP contribution in [0.25, 0.3) is 0 Å². The van der Waals surface area contributed by atoms with Crippen LogP contribution in [0.5, 0.6) is 0 Å². The molecule has 1 aromatic carbocycles. The van der Waals surface area contributed by atoms with Gasteiger partial charge in [0.2, 0.25) is 0 Å². The molecule has 0 fully saturated rings. The van der Waals surface area contributed by atoms with Gasteiger partial charge in [0.1, 0.15) is 0 Å². The first-order valence-corrected chi connectivity index (χ1v) is 5.98. The second-order valence-electron chi connectivity index (χ2n) is 4.30. The summed E-state index contributed by atoms with van der Waals surface area (Å²) in [6.07, 6.45) is 2.85. The molecule has 0 aliphatic carbocycles. The van der Waals surface area contributed by atoms with Crippen LogP contribution in [-0.4, -0.2) is 15.6 Å². The Bertz CT molecular complexity index is 519. The molecule has 2 rings (SSSR count). The topological polar surface area (TPSA) is 60.9 Å². The van der Waals surface area contributed by atoms with Gasteiger partial charge in [0.25, 0.3) is 0 Å². The van der Waals surface area contributed by atoms with Crippen LogP contribution in [0.2, 0.25) is 0 Å². The Morgan fingerprint density at radius 2 is 2.06 bits per heavy atom. The molecule has 0 aliphatic rings. The summed E-state index contributed by atoms with van der Waals surface area (Å²) in [5.41, 5.74) is 7.86. The molecule has 0 saturated heterocycles. The Morgan fingerprint density at radius 1 is 1.33 bits per heavy atom. The van der Waals surface area contributed by atoms with Gasteiger partial charge in [-0.15, -0.1) is 0 Å². The summed E-state index contributed by atoms with van der Waals surface area (Å²) >= 11 is 0. The van der Waals surface area contributed by atoms with Crippen LogP contribution in [0.4, 0.5) is 0 Å². The van der Waals surface area contributed by atoms with Crippen molar-refractivity contribution in [1.29, 1.82) is 0 Å². The minimum Gasteiger partial charge on any atom is -0.318 e. The van der Waals surface area contributed by atoms with E-state index in [0.29, 0.717) is 12.8 Å². The molecule has 1 atom stereocenters. The van der Waals surface area contributed by atoms with Crippen molar-refractivity contribution in [3.63, 3.8) is 0 Å². The van der Waals surface area contributed by atoms with Gasteiger partial charge < -0.3 is 5.73 Å². The Morgan fingerprint density at radius 3 is 2.67 bits per heavy atom. The van der Waals surface area contributed by atoms with Gasteiger partial charge in [-0.3, -0.25) is 9.48 Å². The van der Waals surface area contributed by atoms with E-state index in [9.17, 15) is 4.79 Å². The number of nitrogens with two attached hydrogens (primary N) is 1. The Kier molecular flexibility index (Phi) is 3.89. The predicted octanol–water partition coefficient (Wildman–Crippen LogP) is 1.62. The zero-order chi connectivity index (χ0) is 13.0. The Labute approximate surface area is 106 Å². The third-order valence-corrected chi connectivity index (χ3v) is 3.06. The summed E-state index contributed by atoms with van der Waals surface area (Å²) in [5, 5.41) is 4.07. The lowest BCUT2D eigenvalue weighted by Crippen LogP contribution is -2.22. The van der Waals surface area contributed by atoms with Crippen molar-refractivity contribution in [2.75, 3.05) is 0 Å². The lowest BCUT2D eigenvalue weighted by atomic mass is 10.00. The van der Waals surface area contributed by atoms with Crippen LogP contribution in [0.3, 0.4) is 0 Å². The maximum Gasteiger partial charge on any atom is 0.154 e. The maximum atomic E-state index is 12.0. The average molecular weight is 243 g/mol. The minimum absolute atomic E-state index is 0.0578. The highest BCUT2D eigenvalue weighted by Gasteiger charge is 2.15. The molecule has 4 heteroatoms. The highest BCUT2D eigenvalue weighted by atomic mass is 16.1. The molecule has 0 saturated carbocycles. The second-order valence-corrected chi connectivity index (χ2v) is 4.30. The molecule has 1 aromatic heterocycles. The number of nitrogens with zero attached hydrogens (tertiary/aromatic N) is 2. The lowest BCUT2D eigenvalue weighted by molar-refractivity contribution is -0.120. The molecule has 1 heterocycles. The van der Waals surface area contributed by atoms with Gasteiger partial charge in [0.15, 0.2) is 5.78 Å². The fraction of sp³-hybridized carbons (Fsp3) is 0.286. The zero-order valence-corrected chi connectivity index (χ0v) is 10.4. The Balaban J connectivity index is 1.95. The molecule has 4 nitrogen and oxygen atoms in total. The van der Waals surface area contributed by atoms with Crippen molar-refractivity contribution in [2.45, 2.75) is 18.9 Å². The second kappa shape index (κ2) is 5.60. The number of rotatable bonds is 5. The van der Waals surface area contributed by atoms with E-state index in [2.05, 4.69) is 5.10 Å². The van der Waals surface area contributed by atoms with Gasteiger partial charge in [-0.05, 0) is 18.1 Å². The van der Waals surface area contributed by atoms with Gasteiger partial charge >= 0.3 is 0 Å². The summed E-state index contributed by atoms with van der Waals surface area (Å²) < 4.78 is 1.78. The molecular formula is C14H17N3O. The first-order chi connectivity index (χ1) is 8.68. The predicted molar refractivity (Wildman–Crippen MR) is 69.9 cm³/mol. The molecule has 0 aliphatic heterocycles. The largest absolute Gasteiger partial charge is 0.318 e. The molecule has 0 bridgehead atoms. The molecule has 0 amide bonds. The van der Waals surface area contributed by atoms with Crippen LogP contribution in [0.15, 0.2) is 42.6 Å². The molecule has 0 radical (unpaired) electrons. The highest BCUT2D eigenvalue weighted by Crippen LogP contribution is 2.13. The fourth-order valence-electron chi connectivity index (χ4n) is 1.90. The van der Waals surface area contributed by atoms with Gasteiger partial charge in [-0.25, -0.2) is 0 Å². The SMILES string of the molecule is Cn1nccc1CCC(=O)C(N)c1ccccc1. The normalized spacial score (nSPS) is 12.3. The third-order valence-electron chi connectivity index (χ3n) is 3.06. The molecule has 1 unspecified atom stereocenters. The van der Waals surface area contributed by atoms with E-state index in [1.165, 1.54) is 0 Å². The van der Waals surface area contributed by atoms with Crippen molar-refractivity contribution < 1.29 is 4.79 Å². The maximum absolute atomic E-state index is 12.0. The lowest BCUT2D eigenvalue weighted by Gasteiger charge is -2.10. The molecule has 0 spiro atoms. The number of ketones is 1. The monoisotopic (exact) mass is 243 g/mol. The Hall–Kier alpha value is -1.94. The van der Waals surface area contributed by atoms with Gasteiger partial charge in [0.05, 0.1) is 6.04 Å². The van der Waals surface area contributed by atoms with Crippen LogP contribution < -0.4 is 5.73 Å². The van der Waals surface area contributed by atoms with E-state index in [4.69, 9.17) is 5.73 Å². The van der Waals surface area contributed by atoms with Crippen molar-refractivity contribution in [1.82, 2.24) is 9.78 Å². The molecule has 94 valence electrons. The van der Waals surface area contributed by atoms with Crippen LogP contribution in [0, 0.1) is 0 Å². The summed E-state index contributed by atoms with van der Waals surface area (Å²) in [5.74, 6) is 0.0578. The molecular weight excluding hydrogens is 226 g/mol. The van der Waals surface area contributed by atoms with Crippen molar-refractivity contribution in [3.8, 4) is 0 Å². The first-order valence-electron chi connectivity index (χ1n) is 5.98. The number of hydrogen-bond donors (Lipinski definition) is 1. The quantitative estimate of drug-likeness (QED) is 0.868. The van der Waals surface area contributed by atoms with E-state index in [-0.39, 0.29) is 5.78 Å². The smallest absolute Gasteiger partial charge is 0.154 e. The van der Waals surface area contributed by atoms with Crippen LogP contribution >= 0.6 is 0 Å². The number of hydrogen-bond acceptors (Lipinski definition) is 3. The zero-order valence-electron chi connectivity index (χ0n) is 10.4. The molecule has 18 heavy (non-hydrogen) atoms. The van der Waals surface area contributed by atoms with Gasteiger partial charge in [-0.2, -0.15) is 5.10 Å². The number of Topliss-reactive ketones (excluding diaryl/α,β-unsaturated/α-hetero) is 1. The number of carbonyl (C=O) groups excluding carboxylic acids is 1. The highest BCUT2D eigenvalue weighted by molar-refractivity contribution is 5.85. The van der Waals surface area contributed by atoms with E-state index in [0.717, 1.165) is 11.3 Å². The summed E-state index contributed by atoms with van der Waals surface area (Å²) in [6, 6.07) is 10.9. The summed E-state index contributed by atoms with van der Waals surface area (Å²) in [6.45, 7) is 0. The standard InChI is InChI=1S/C14H17N3O/c1-17-12(9-10-16-17)7-8-13(18)14(15)11-5-3-2-4-6-11/h2-6,9-10,14H,7-8,15H2,1H3. The van der Waals surface area contributed by atoms with Crippen molar-refractivity contribution in [2.24, 2.45) is 12.8 Å². The van der Waals surface area contributed by atoms with Crippen LogP contribution in [-0.2, 0) is 18.3 Å². The number of aromatic nitrogens is 2. The van der Waals surface area contributed by atoms with Crippen molar-refractivity contribution >= 4 is 5.78 Å². The third kappa shape index (κ3) is 2.84. The summed E-state index contributed by atoms with van der Waals surface area (Å²) in [7, 11) is 1.87. The van der Waals surface area contributed by atoms with Crippen molar-refractivity contribution in [3.05, 3.63) is 53.9 Å². The first kappa shape index (κ1) is 12.5. The van der Waals surface area contributed by atoms with E-state index >= 15 is 0 Å². The van der Waals surface area contributed by atoms with E-state index in [1.807, 2.05) is 43.4 Å². The van der Waals surface area contributed by atoms with E-state index < -0.39 is 6.04 Å². The average Bonchev–Trinajstić information content (AvgIpc) is 2.81. The van der Waals surface area contributed by atoms with Gasteiger partial charge in [0, 0.05) is 25.4 Å². The molecule has 2 aromatic rings. The fourth-order valence-corrected chi connectivity index (χ4v) is 1.90. The number of aryl methyl sites for hydroxylation is 2. The van der Waals surface area contributed by atoms with Gasteiger partial charge in [-0.1, -0.05) is 30.3 Å².